The van der Waals surface area contributed by atoms with Gasteiger partial charge in [-0.25, -0.2) is 0 Å². The zero-order chi connectivity index (χ0) is 20.2. The fraction of sp³-hybridized carbons (Fsp3) is 0.0870. The maximum absolute atomic E-state index is 9.49. The minimum Gasteiger partial charge on any atom is -0.506 e. The van der Waals surface area contributed by atoms with E-state index < -0.39 is 0 Å². The lowest BCUT2D eigenvalue weighted by molar-refractivity contribution is 0.306. The molecular weight excluding hydrogens is 390 g/mol. The van der Waals surface area contributed by atoms with E-state index in [9.17, 15) is 5.11 Å². The summed E-state index contributed by atoms with van der Waals surface area (Å²) in [5, 5.41) is 19.3. The van der Waals surface area contributed by atoms with Crippen LogP contribution < -0.4 is 9.47 Å². The summed E-state index contributed by atoms with van der Waals surface area (Å²) in [5.41, 5.74) is 2.63. The van der Waals surface area contributed by atoms with E-state index in [2.05, 4.69) is 6.07 Å². The molecule has 0 amide bonds. The van der Waals surface area contributed by atoms with E-state index in [-0.39, 0.29) is 10.8 Å². The minimum absolute atomic E-state index is 0.0106. The number of phenolic OH excluding ortho intramolecular Hbond substituents is 1. The predicted molar refractivity (Wildman–Crippen MR) is 109 cm³/mol. The molecule has 0 saturated heterocycles. The average Bonchev–Trinajstić information content (AvgIpc) is 3.11. The summed E-state index contributed by atoms with van der Waals surface area (Å²) < 4.78 is 17.2. The van der Waals surface area contributed by atoms with Gasteiger partial charge in [0, 0.05) is 17.5 Å². The summed E-state index contributed by atoms with van der Waals surface area (Å²) in [4.78, 5) is 0. The molecule has 0 aliphatic rings. The third-order valence-electron chi connectivity index (χ3n) is 4.28. The van der Waals surface area contributed by atoms with Crippen LogP contribution in [0.2, 0.25) is 5.02 Å². The summed E-state index contributed by atoms with van der Waals surface area (Å²) in [6, 6.07) is 21.8. The Morgan fingerprint density at radius 1 is 0.966 bits per heavy atom. The lowest BCUT2D eigenvalue weighted by atomic mass is 10.1. The van der Waals surface area contributed by atoms with Crippen molar-refractivity contribution in [3.8, 4) is 29.3 Å². The SMILES string of the molecule is N#CCc1cccc(COc2ccc3oc(Oc4ccc(O)c(Cl)c4)cc3c2)c1. The quantitative estimate of drug-likeness (QED) is 0.411. The van der Waals surface area contributed by atoms with Crippen LogP contribution in [0, 0.1) is 11.3 Å². The highest BCUT2D eigenvalue weighted by molar-refractivity contribution is 6.32. The molecule has 0 radical (unpaired) electrons. The molecule has 5 nitrogen and oxygen atoms in total. The van der Waals surface area contributed by atoms with Crippen LogP contribution in [0.3, 0.4) is 0 Å². The van der Waals surface area contributed by atoms with Gasteiger partial charge in [-0.05, 0) is 41.5 Å². The first-order chi connectivity index (χ1) is 14.1. The number of ether oxygens (including phenoxy) is 2. The molecule has 0 bridgehead atoms. The van der Waals surface area contributed by atoms with Crippen molar-refractivity contribution < 1.29 is 19.0 Å². The highest BCUT2D eigenvalue weighted by Crippen LogP contribution is 2.34. The topological polar surface area (TPSA) is 75.6 Å². The van der Waals surface area contributed by atoms with E-state index in [0.29, 0.717) is 36.1 Å². The highest BCUT2D eigenvalue weighted by Gasteiger charge is 2.09. The van der Waals surface area contributed by atoms with Gasteiger partial charge < -0.3 is 19.0 Å². The van der Waals surface area contributed by atoms with E-state index in [1.54, 1.807) is 12.1 Å². The summed E-state index contributed by atoms with van der Waals surface area (Å²) in [7, 11) is 0. The van der Waals surface area contributed by atoms with Crippen LogP contribution >= 0.6 is 11.6 Å². The van der Waals surface area contributed by atoms with Crippen LogP contribution in [0.25, 0.3) is 11.0 Å². The van der Waals surface area contributed by atoms with Crippen LogP contribution in [0.1, 0.15) is 11.1 Å². The molecule has 1 heterocycles. The molecule has 4 aromatic rings. The summed E-state index contributed by atoms with van der Waals surface area (Å²) >= 11 is 5.90. The molecule has 0 aliphatic heterocycles. The Bertz CT molecular complexity index is 1210. The van der Waals surface area contributed by atoms with Gasteiger partial charge in [0.05, 0.1) is 17.5 Å². The average molecular weight is 406 g/mol. The van der Waals surface area contributed by atoms with Gasteiger partial charge in [-0.1, -0.05) is 35.9 Å². The number of furan rings is 1. The van der Waals surface area contributed by atoms with Gasteiger partial charge in [0.2, 0.25) is 0 Å². The molecule has 0 fully saturated rings. The van der Waals surface area contributed by atoms with Gasteiger partial charge in [-0.15, -0.1) is 0 Å². The standard InChI is InChI=1S/C23H16ClNO4/c24-20-13-19(4-6-21(20)26)28-23-12-17-11-18(5-7-22(17)29-23)27-14-16-3-1-2-15(10-16)8-9-25/h1-7,10-13,26H,8,14H2. The second kappa shape index (κ2) is 8.17. The van der Waals surface area contributed by atoms with Crippen molar-refractivity contribution in [1.29, 1.82) is 5.26 Å². The third kappa shape index (κ3) is 4.45. The van der Waals surface area contributed by atoms with Crippen molar-refractivity contribution in [3.63, 3.8) is 0 Å². The molecule has 0 atom stereocenters. The molecule has 0 unspecified atom stereocenters. The largest absolute Gasteiger partial charge is 0.506 e. The summed E-state index contributed by atoms with van der Waals surface area (Å²) in [6.07, 6.45) is 0.379. The van der Waals surface area contributed by atoms with E-state index in [4.69, 9.17) is 30.8 Å². The van der Waals surface area contributed by atoms with Crippen LogP contribution in [-0.2, 0) is 13.0 Å². The number of aromatic hydroxyl groups is 1. The van der Waals surface area contributed by atoms with E-state index in [0.717, 1.165) is 16.5 Å². The number of rotatable bonds is 6. The van der Waals surface area contributed by atoms with E-state index >= 15 is 0 Å². The molecule has 6 heteroatoms. The monoisotopic (exact) mass is 405 g/mol. The molecule has 0 spiro atoms. The zero-order valence-electron chi connectivity index (χ0n) is 15.3. The van der Waals surface area contributed by atoms with Crippen LogP contribution in [-0.4, -0.2) is 5.11 Å². The minimum atomic E-state index is -0.0106. The second-order valence-electron chi connectivity index (χ2n) is 6.42. The number of benzene rings is 3. The number of phenols is 1. The second-order valence-corrected chi connectivity index (χ2v) is 6.83. The maximum atomic E-state index is 9.49. The molecule has 4 rings (SSSR count). The molecule has 144 valence electrons. The first-order valence-electron chi connectivity index (χ1n) is 8.88. The Morgan fingerprint density at radius 3 is 2.62 bits per heavy atom. The van der Waals surface area contributed by atoms with E-state index in [1.807, 2.05) is 42.5 Å². The van der Waals surface area contributed by atoms with Gasteiger partial charge in [0.15, 0.2) is 0 Å². The van der Waals surface area contributed by atoms with E-state index in [1.165, 1.54) is 12.1 Å². The smallest absolute Gasteiger partial charge is 0.291 e. The van der Waals surface area contributed by atoms with Crippen LogP contribution in [0.5, 0.6) is 23.2 Å². The van der Waals surface area contributed by atoms with Crippen molar-refractivity contribution in [2.45, 2.75) is 13.0 Å². The first kappa shape index (κ1) is 18.7. The number of halogens is 1. The summed E-state index contributed by atoms with van der Waals surface area (Å²) in [5.74, 6) is 1.45. The lowest BCUT2D eigenvalue weighted by Crippen LogP contribution is -1.96. The van der Waals surface area contributed by atoms with Gasteiger partial charge in [-0.3, -0.25) is 0 Å². The molecule has 0 aliphatic carbocycles. The van der Waals surface area contributed by atoms with Crippen molar-refractivity contribution >= 4 is 22.6 Å². The predicted octanol–water partition coefficient (Wildman–Crippen LogP) is 6.23. The van der Waals surface area contributed by atoms with Gasteiger partial charge in [0.25, 0.3) is 5.95 Å². The first-order valence-corrected chi connectivity index (χ1v) is 9.26. The molecular formula is C23H16ClNO4. The Morgan fingerprint density at radius 2 is 1.79 bits per heavy atom. The number of hydrogen-bond donors (Lipinski definition) is 1. The van der Waals surface area contributed by atoms with Crippen molar-refractivity contribution in [2.75, 3.05) is 0 Å². The van der Waals surface area contributed by atoms with Gasteiger partial charge >= 0.3 is 0 Å². The maximum Gasteiger partial charge on any atom is 0.291 e. The fourth-order valence-electron chi connectivity index (χ4n) is 2.89. The molecule has 29 heavy (non-hydrogen) atoms. The summed E-state index contributed by atoms with van der Waals surface area (Å²) in [6.45, 7) is 0.401. The van der Waals surface area contributed by atoms with Crippen LogP contribution in [0.15, 0.2) is 71.1 Å². The number of nitriles is 1. The van der Waals surface area contributed by atoms with Crippen molar-refractivity contribution in [2.24, 2.45) is 0 Å². The molecule has 1 aromatic heterocycles. The molecule has 1 N–H and O–H groups in total. The fourth-order valence-corrected chi connectivity index (χ4v) is 3.06. The Kier molecular flexibility index (Phi) is 5.28. The number of nitrogens with zero attached hydrogens (tertiary/aromatic N) is 1. The normalized spacial score (nSPS) is 10.6. The third-order valence-corrected chi connectivity index (χ3v) is 4.59. The van der Waals surface area contributed by atoms with Gasteiger partial charge in [-0.2, -0.15) is 5.26 Å². The highest BCUT2D eigenvalue weighted by atomic mass is 35.5. The van der Waals surface area contributed by atoms with Crippen molar-refractivity contribution in [1.82, 2.24) is 0 Å². The number of hydrogen-bond acceptors (Lipinski definition) is 5. The number of fused-ring (bicyclic) bond motifs is 1. The Hall–Kier alpha value is -3.62. The lowest BCUT2D eigenvalue weighted by Gasteiger charge is -2.07. The van der Waals surface area contributed by atoms with Crippen LogP contribution in [0.4, 0.5) is 0 Å². The Balaban J connectivity index is 1.47. The molecule has 0 saturated carbocycles. The zero-order valence-corrected chi connectivity index (χ0v) is 16.0. The van der Waals surface area contributed by atoms with Crippen molar-refractivity contribution in [3.05, 3.63) is 82.9 Å². The van der Waals surface area contributed by atoms with Gasteiger partial charge in [0.1, 0.15) is 29.4 Å². The molecule has 3 aromatic carbocycles. The Labute approximate surface area is 172 Å².